The van der Waals surface area contributed by atoms with Crippen molar-refractivity contribution >= 4 is 15.7 Å². The number of sulfone groups is 1. The first-order chi connectivity index (χ1) is 9.85. The summed E-state index contributed by atoms with van der Waals surface area (Å²) in [4.78, 5) is 3.74. The summed E-state index contributed by atoms with van der Waals surface area (Å²) in [6.45, 7) is 2.16. The highest BCUT2D eigenvalue weighted by atomic mass is 32.2. The lowest BCUT2D eigenvalue weighted by molar-refractivity contribution is -0.0862. The van der Waals surface area contributed by atoms with Gasteiger partial charge in [-0.1, -0.05) is 18.2 Å². The number of aliphatic imine (C=N–C) groups is 1. The van der Waals surface area contributed by atoms with E-state index in [9.17, 15) is 21.6 Å². The van der Waals surface area contributed by atoms with E-state index in [4.69, 9.17) is 5.73 Å². The van der Waals surface area contributed by atoms with Gasteiger partial charge in [-0.3, -0.25) is 4.99 Å². The van der Waals surface area contributed by atoms with Crippen molar-refractivity contribution in [2.24, 2.45) is 10.7 Å². The standard InChI is InChI=1S/C14H17F3N2O2S/c1-12(22(3,20)21)8-14(16,17)13(2,19-11(12)18)9-6-4-5-7-10(9)15/h4-7H,8H2,1-3H3,(H2,18,19)/t12?,13-/m1/s1. The van der Waals surface area contributed by atoms with E-state index < -0.39 is 44.1 Å². The highest BCUT2D eigenvalue weighted by Gasteiger charge is 2.62. The maximum Gasteiger partial charge on any atom is 0.278 e. The molecule has 0 saturated heterocycles. The molecule has 8 heteroatoms. The second-order valence-electron chi connectivity index (χ2n) is 5.93. The summed E-state index contributed by atoms with van der Waals surface area (Å²) in [6.07, 6.45) is -0.226. The van der Waals surface area contributed by atoms with Gasteiger partial charge in [0.25, 0.3) is 5.92 Å². The van der Waals surface area contributed by atoms with E-state index >= 15 is 0 Å². The Labute approximate surface area is 127 Å². The highest BCUT2D eigenvalue weighted by molar-refractivity contribution is 7.92. The van der Waals surface area contributed by atoms with Crippen LogP contribution < -0.4 is 5.73 Å². The van der Waals surface area contributed by atoms with Crippen LogP contribution in [0.3, 0.4) is 0 Å². The summed E-state index contributed by atoms with van der Waals surface area (Å²) in [5.41, 5.74) is 3.12. The lowest BCUT2D eigenvalue weighted by Crippen LogP contribution is -2.60. The van der Waals surface area contributed by atoms with E-state index in [1.807, 2.05) is 0 Å². The number of hydrogen-bond acceptors (Lipinski definition) is 4. The van der Waals surface area contributed by atoms with Crippen molar-refractivity contribution in [3.05, 3.63) is 35.6 Å². The molecule has 1 aromatic rings. The Hall–Kier alpha value is -1.57. The summed E-state index contributed by atoms with van der Waals surface area (Å²) in [5.74, 6) is -4.87. The summed E-state index contributed by atoms with van der Waals surface area (Å²) in [6, 6.07) is 5.03. The van der Waals surface area contributed by atoms with Gasteiger partial charge >= 0.3 is 0 Å². The van der Waals surface area contributed by atoms with E-state index in [1.54, 1.807) is 0 Å². The van der Waals surface area contributed by atoms with Crippen molar-refractivity contribution in [3.8, 4) is 0 Å². The summed E-state index contributed by atoms with van der Waals surface area (Å²) < 4.78 is 65.1. The summed E-state index contributed by atoms with van der Waals surface area (Å²) in [7, 11) is -3.92. The minimum Gasteiger partial charge on any atom is -0.386 e. The molecule has 0 bridgehead atoms. The molecule has 1 aliphatic rings. The number of halogens is 3. The van der Waals surface area contributed by atoms with Gasteiger partial charge < -0.3 is 5.73 Å². The second kappa shape index (κ2) is 4.71. The fraction of sp³-hybridized carbons (Fsp3) is 0.500. The predicted octanol–water partition coefficient (Wildman–Crippen LogP) is 2.24. The van der Waals surface area contributed by atoms with Crippen molar-refractivity contribution in [3.63, 3.8) is 0 Å². The minimum atomic E-state index is -3.92. The molecule has 1 heterocycles. The molecule has 2 atom stereocenters. The number of hydrogen-bond donors (Lipinski definition) is 1. The number of alkyl halides is 2. The van der Waals surface area contributed by atoms with Gasteiger partial charge in [0.15, 0.2) is 15.4 Å². The van der Waals surface area contributed by atoms with Gasteiger partial charge in [-0.25, -0.2) is 21.6 Å². The normalized spacial score (nSPS) is 31.6. The molecule has 0 amide bonds. The van der Waals surface area contributed by atoms with Crippen LogP contribution in [-0.4, -0.2) is 31.2 Å². The first-order valence-corrected chi connectivity index (χ1v) is 8.42. The van der Waals surface area contributed by atoms with E-state index in [-0.39, 0.29) is 5.56 Å². The van der Waals surface area contributed by atoms with Crippen LogP contribution in [0.25, 0.3) is 0 Å². The average Bonchev–Trinajstić information content (AvgIpc) is 2.35. The van der Waals surface area contributed by atoms with E-state index in [0.29, 0.717) is 0 Å². The van der Waals surface area contributed by atoms with Crippen LogP contribution in [0.4, 0.5) is 13.2 Å². The quantitative estimate of drug-likeness (QED) is 0.901. The maximum atomic E-state index is 14.7. The van der Waals surface area contributed by atoms with Crippen LogP contribution in [0.2, 0.25) is 0 Å². The zero-order valence-corrected chi connectivity index (χ0v) is 13.2. The molecule has 1 aliphatic heterocycles. The van der Waals surface area contributed by atoms with Gasteiger partial charge in [-0.2, -0.15) is 0 Å². The Kier molecular flexibility index (Phi) is 3.60. The third-order valence-electron chi connectivity index (χ3n) is 4.37. The number of nitrogens with zero attached hydrogens (tertiary/aromatic N) is 1. The lowest BCUT2D eigenvalue weighted by Gasteiger charge is -2.44. The highest BCUT2D eigenvalue weighted by Crippen LogP contribution is 2.50. The maximum absolute atomic E-state index is 14.7. The molecule has 2 rings (SSSR count). The predicted molar refractivity (Wildman–Crippen MR) is 78.2 cm³/mol. The molecule has 0 fully saturated rings. The molecule has 1 unspecified atom stereocenters. The molecular weight excluding hydrogens is 317 g/mol. The third-order valence-corrected chi connectivity index (χ3v) is 6.36. The molecule has 122 valence electrons. The van der Waals surface area contributed by atoms with Crippen LogP contribution >= 0.6 is 0 Å². The monoisotopic (exact) mass is 334 g/mol. The number of amidine groups is 1. The Morgan fingerprint density at radius 1 is 1.23 bits per heavy atom. The first-order valence-electron chi connectivity index (χ1n) is 6.53. The summed E-state index contributed by atoms with van der Waals surface area (Å²) in [5, 5.41) is 0. The van der Waals surface area contributed by atoms with Gasteiger partial charge in [0, 0.05) is 18.2 Å². The van der Waals surface area contributed by atoms with Gasteiger partial charge in [-0.05, 0) is 19.9 Å². The zero-order valence-electron chi connectivity index (χ0n) is 12.4. The molecule has 22 heavy (non-hydrogen) atoms. The molecule has 1 aromatic carbocycles. The third kappa shape index (κ3) is 2.20. The first kappa shape index (κ1) is 16.8. The van der Waals surface area contributed by atoms with Crippen LogP contribution in [0, 0.1) is 5.82 Å². The van der Waals surface area contributed by atoms with E-state index in [0.717, 1.165) is 26.2 Å². The average molecular weight is 334 g/mol. The van der Waals surface area contributed by atoms with Crippen molar-refractivity contribution < 1.29 is 21.6 Å². The van der Waals surface area contributed by atoms with Crippen molar-refractivity contribution in [1.29, 1.82) is 0 Å². The molecule has 0 aliphatic carbocycles. The lowest BCUT2D eigenvalue weighted by atomic mass is 9.78. The van der Waals surface area contributed by atoms with Gasteiger partial charge in [-0.15, -0.1) is 0 Å². The molecule has 0 spiro atoms. The molecule has 0 radical (unpaired) electrons. The fourth-order valence-corrected chi connectivity index (χ4v) is 3.43. The molecular formula is C14H17F3N2O2S. The SMILES string of the molecule is CC1(S(C)(=O)=O)CC(F)(F)[C@@](C)(c2ccccc2F)N=C1N. The number of rotatable bonds is 2. The molecule has 2 N–H and O–H groups in total. The zero-order chi connectivity index (χ0) is 17.0. The Balaban J connectivity index is 2.73. The molecule has 0 saturated carbocycles. The van der Waals surface area contributed by atoms with Crippen molar-refractivity contribution in [1.82, 2.24) is 0 Å². The van der Waals surface area contributed by atoms with Crippen LogP contribution in [0.15, 0.2) is 29.3 Å². The van der Waals surface area contributed by atoms with Gasteiger partial charge in [0.2, 0.25) is 0 Å². The van der Waals surface area contributed by atoms with Crippen molar-refractivity contribution in [2.75, 3.05) is 6.26 Å². The number of nitrogens with two attached hydrogens (primary N) is 1. The Morgan fingerprint density at radius 2 is 1.77 bits per heavy atom. The van der Waals surface area contributed by atoms with Gasteiger partial charge in [0.05, 0.1) is 0 Å². The van der Waals surface area contributed by atoms with Gasteiger partial charge in [0.1, 0.15) is 16.4 Å². The van der Waals surface area contributed by atoms with E-state index in [1.165, 1.54) is 18.2 Å². The van der Waals surface area contributed by atoms with Crippen LogP contribution in [0.1, 0.15) is 25.8 Å². The summed E-state index contributed by atoms with van der Waals surface area (Å²) >= 11 is 0. The smallest absolute Gasteiger partial charge is 0.278 e. The van der Waals surface area contributed by atoms with Crippen molar-refractivity contribution in [2.45, 2.75) is 36.5 Å². The Morgan fingerprint density at radius 3 is 2.27 bits per heavy atom. The largest absolute Gasteiger partial charge is 0.386 e. The Bertz CT molecular complexity index is 748. The second-order valence-corrected chi connectivity index (χ2v) is 8.38. The molecule has 4 nitrogen and oxygen atoms in total. The topological polar surface area (TPSA) is 72.5 Å². The van der Waals surface area contributed by atoms with Crippen LogP contribution in [0.5, 0.6) is 0 Å². The number of benzene rings is 1. The minimum absolute atomic E-state index is 0.321. The van der Waals surface area contributed by atoms with E-state index in [2.05, 4.69) is 4.99 Å². The fourth-order valence-electron chi connectivity index (χ4n) is 2.56. The van der Waals surface area contributed by atoms with Crippen LogP contribution in [-0.2, 0) is 15.4 Å². The molecule has 0 aromatic heterocycles.